The van der Waals surface area contributed by atoms with Crippen LogP contribution in [0.4, 0.5) is 0 Å². The highest BCUT2D eigenvalue weighted by Crippen LogP contribution is 2.32. The quantitative estimate of drug-likeness (QED) is 0.911. The van der Waals surface area contributed by atoms with E-state index >= 15 is 0 Å². The van der Waals surface area contributed by atoms with Gasteiger partial charge in [-0.1, -0.05) is 29.3 Å². The maximum absolute atomic E-state index is 10.6. The highest BCUT2D eigenvalue weighted by atomic mass is 35.5. The van der Waals surface area contributed by atoms with Gasteiger partial charge in [-0.25, -0.2) is 0 Å². The lowest BCUT2D eigenvalue weighted by molar-refractivity contribution is -0.136. The zero-order valence-electron chi connectivity index (χ0n) is 9.60. The van der Waals surface area contributed by atoms with E-state index in [0.29, 0.717) is 21.2 Å². The topological polar surface area (TPSA) is 70.4 Å². The second kappa shape index (κ2) is 5.47. The van der Waals surface area contributed by atoms with Crippen LogP contribution in [0.5, 0.6) is 5.75 Å². The monoisotopic (exact) mass is 297 g/mol. The summed E-state index contributed by atoms with van der Waals surface area (Å²) < 4.78 is 0. The fourth-order valence-electron chi connectivity index (χ4n) is 1.63. The fourth-order valence-corrected chi connectivity index (χ4v) is 2.15. The number of aliphatic carboxylic acids is 1. The van der Waals surface area contributed by atoms with Crippen LogP contribution in [0.15, 0.2) is 30.5 Å². The summed E-state index contributed by atoms with van der Waals surface area (Å²) in [5.74, 6) is -1.23. The Bertz CT molecular complexity index is 644. The number of nitrogens with zero attached hydrogens (tertiary/aromatic N) is 1. The molecule has 0 amide bonds. The van der Waals surface area contributed by atoms with Crippen LogP contribution in [0.1, 0.15) is 5.69 Å². The van der Waals surface area contributed by atoms with Gasteiger partial charge in [0.25, 0.3) is 0 Å². The first kappa shape index (κ1) is 13.6. The van der Waals surface area contributed by atoms with E-state index in [9.17, 15) is 9.90 Å². The number of hydrogen-bond acceptors (Lipinski definition) is 3. The third kappa shape index (κ3) is 3.16. The number of carboxylic acids is 1. The Morgan fingerprint density at radius 3 is 2.58 bits per heavy atom. The predicted molar refractivity (Wildman–Crippen MR) is 72.7 cm³/mol. The lowest BCUT2D eigenvalue weighted by Gasteiger charge is -2.07. The van der Waals surface area contributed by atoms with Crippen LogP contribution in [-0.4, -0.2) is 21.2 Å². The van der Waals surface area contributed by atoms with Crippen molar-refractivity contribution in [3.63, 3.8) is 0 Å². The summed E-state index contributed by atoms with van der Waals surface area (Å²) in [6.45, 7) is 0. The molecule has 0 spiro atoms. The van der Waals surface area contributed by atoms with Crippen LogP contribution < -0.4 is 0 Å². The Morgan fingerprint density at radius 2 is 2.00 bits per heavy atom. The van der Waals surface area contributed by atoms with E-state index in [1.165, 1.54) is 12.3 Å². The molecule has 0 radical (unpaired) electrons. The van der Waals surface area contributed by atoms with Gasteiger partial charge >= 0.3 is 5.97 Å². The molecule has 1 heterocycles. The molecule has 2 rings (SSSR count). The molecule has 0 saturated heterocycles. The van der Waals surface area contributed by atoms with Crippen molar-refractivity contribution in [2.75, 3.05) is 0 Å². The van der Waals surface area contributed by atoms with Gasteiger partial charge in [-0.15, -0.1) is 0 Å². The van der Waals surface area contributed by atoms with Crippen molar-refractivity contribution in [2.45, 2.75) is 6.42 Å². The number of hydrogen-bond donors (Lipinski definition) is 2. The van der Waals surface area contributed by atoms with Gasteiger partial charge in [0, 0.05) is 27.4 Å². The van der Waals surface area contributed by atoms with Crippen molar-refractivity contribution in [3.05, 3.63) is 46.2 Å². The summed E-state index contributed by atoms with van der Waals surface area (Å²) in [5.41, 5.74) is 1.37. The summed E-state index contributed by atoms with van der Waals surface area (Å²) in [6, 6.07) is 6.39. The van der Waals surface area contributed by atoms with Gasteiger partial charge in [0.15, 0.2) is 0 Å². The molecule has 0 atom stereocenters. The maximum atomic E-state index is 10.6. The van der Waals surface area contributed by atoms with Crippen molar-refractivity contribution in [3.8, 4) is 16.9 Å². The first-order valence-corrected chi connectivity index (χ1v) is 6.08. The van der Waals surface area contributed by atoms with Gasteiger partial charge in [-0.3, -0.25) is 9.78 Å². The molecule has 0 unspecified atom stereocenters. The number of aromatic nitrogens is 1. The van der Waals surface area contributed by atoms with E-state index in [2.05, 4.69) is 4.98 Å². The van der Waals surface area contributed by atoms with E-state index in [1.54, 1.807) is 18.2 Å². The highest BCUT2D eigenvalue weighted by Gasteiger charge is 2.11. The van der Waals surface area contributed by atoms with Crippen molar-refractivity contribution < 1.29 is 15.0 Å². The molecular formula is C13H9Cl2NO3. The number of aromatic hydroxyl groups is 1. The predicted octanol–water partition coefficient (Wildman–Crippen LogP) is 3.39. The minimum absolute atomic E-state index is 0.112. The van der Waals surface area contributed by atoms with Crippen LogP contribution in [0.25, 0.3) is 11.1 Å². The van der Waals surface area contributed by atoms with Gasteiger partial charge < -0.3 is 10.2 Å². The SMILES string of the molecule is O=C(O)Cc1ncc(-c2ccc(Cl)cc2Cl)cc1O. The summed E-state index contributed by atoms with van der Waals surface area (Å²) in [4.78, 5) is 14.5. The number of pyridine rings is 1. The van der Waals surface area contributed by atoms with E-state index in [1.807, 2.05) is 0 Å². The minimum atomic E-state index is -1.06. The summed E-state index contributed by atoms with van der Waals surface area (Å²) in [7, 11) is 0. The number of halogens is 2. The second-order valence-electron chi connectivity index (χ2n) is 3.88. The van der Waals surface area contributed by atoms with Gasteiger partial charge in [0.2, 0.25) is 0 Å². The maximum Gasteiger partial charge on any atom is 0.309 e. The van der Waals surface area contributed by atoms with Gasteiger partial charge in [-0.05, 0) is 18.2 Å². The Morgan fingerprint density at radius 1 is 1.26 bits per heavy atom. The van der Waals surface area contributed by atoms with Gasteiger partial charge in [0.05, 0.1) is 12.1 Å². The highest BCUT2D eigenvalue weighted by molar-refractivity contribution is 6.36. The van der Waals surface area contributed by atoms with Crippen molar-refractivity contribution >= 4 is 29.2 Å². The number of carboxylic acid groups (broad SMARTS) is 1. The van der Waals surface area contributed by atoms with Crippen LogP contribution >= 0.6 is 23.2 Å². The van der Waals surface area contributed by atoms with Crippen LogP contribution in [0.3, 0.4) is 0 Å². The summed E-state index contributed by atoms with van der Waals surface area (Å²) >= 11 is 11.9. The molecule has 98 valence electrons. The van der Waals surface area contributed by atoms with Crippen LogP contribution in [0, 0.1) is 0 Å². The van der Waals surface area contributed by atoms with Crippen LogP contribution in [-0.2, 0) is 11.2 Å². The lowest BCUT2D eigenvalue weighted by atomic mass is 10.1. The van der Waals surface area contributed by atoms with Crippen LogP contribution in [0.2, 0.25) is 10.0 Å². The van der Waals surface area contributed by atoms with Crippen molar-refractivity contribution in [1.82, 2.24) is 4.98 Å². The van der Waals surface area contributed by atoms with Gasteiger partial charge in [0.1, 0.15) is 5.75 Å². The first-order chi connectivity index (χ1) is 8.97. The average Bonchev–Trinajstić information content (AvgIpc) is 2.31. The molecular weight excluding hydrogens is 289 g/mol. The normalized spacial score (nSPS) is 10.4. The standard InChI is InChI=1S/C13H9Cl2NO3/c14-8-1-2-9(10(15)4-8)7-3-12(17)11(16-6-7)5-13(18)19/h1-4,6,17H,5H2,(H,18,19). The molecule has 19 heavy (non-hydrogen) atoms. The van der Waals surface area contributed by atoms with Crippen molar-refractivity contribution in [2.24, 2.45) is 0 Å². The molecule has 4 nitrogen and oxygen atoms in total. The minimum Gasteiger partial charge on any atom is -0.506 e. The first-order valence-electron chi connectivity index (χ1n) is 5.32. The summed E-state index contributed by atoms with van der Waals surface area (Å²) in [6.07, 6.45) is 1.13. The lowest BCUT2D eigenvalue weighted by Crippen LogP contribution is -2.02. The Kier molecular flexibility index (Phi) is 3.93. The smallest absolute Gasteiger partial charge is 0.309 e. The van der Waals surface area contributed by atoms with E-state index in [0.717, 1.165) is 0 Å². The van der Waals surface area contributed by atoms with E-state index < -0.39 is 5.97 Å². The Hall–Kier alpha value is -1.78. The zero-order chi connectivity index (χ0) is 14.0. The third-order valence-electron chi connectivity index (χ3n) is 2.51. The molecule has 0 aliphatic carbocycles. The van der Waals surface area contributed by atoms with E-state index in [-0.39, 0.29) is 17.9 Å². The zero-order valence-corrected chi connectivity index (χ0v) is 11.1. The molecule has 0 fully saturated rings. The number of carbonyl (C=O) groups is 1. The largest absolute Gasteiger partial charge is 0.506 e. The molecule has 2 aromatic rings. The third-order valence-corrected chi connectivity index (χ3v) is 3.06. The molecule has 1 aromatic carbocycles. The molecule has 0 aliphatic rings. The Balaban J connectivity index is 2.41. The van der Waals surface area contributed by atoms with Crippen molar-refractivity contribution in [1.29, 1.82) is 0 Å². The van der Waals surface area contributed by atoms with Gasteiger partial charge in [-0.2, -0.15) is 0 Å². The molecule has 2 N–H and O–H groups in total. The second-order valence-corrected chi connectivity index (χ2v) is 4.73. The number of benzene rings is 1. The van der Waals surface area contributed by atoms with E-state index in [4.69, 9.17) is 28.3 Å². The molecule has 6 heteroatoms. The molecule has 0 saturated carbocycles. The fraction of sp³-hybridized carbons (Fsp3) is 0.0769. The Labute approximate surface area is 119 Å². The molecule has 0 aliphatic heterocycles. The summed E-state index contributed by atoms with van der Waals surface area (Å²) in [5, 5.41) is 19.4. The number of rotatable bonds is 3. The molecule has 0 bridgehead atoms. The molecule has 1 aromatic heterocycles. The average molecular weight is 298 g/mol.